The molecule has 2 aromatic rings. The predicted molar refractivity (Wildman–Crippen MR) is 59.7 cm³/mol. The SMILES string of the molecule is Cc1nnc(-c2ccc(OCC3CO3)cc2)o1. The molecule has 2 heterocycles. The lowest BCUT2D eigenvalue weighted by molar-refractivity contribution is 0.263. The lowest BCUT2D eigenvalue weighted by atomic mass is 10.2. The molecular formula is C12H12N2O3. The van der Waals surface area contributed by atoms with E-state index in [9.17, 15) is 0 Å². The number of ether oxygens (including phenoxy) is 2. The summed E-state index contributed by atoms with van der Waals surface area (Å²) in [7, 11) is 0. The van der Waals surface area contributed by atoms with E-state index in [1.165, 1.54) is 0 Å². The Morgan fingerprint density at radius 1 is 1.29 bits per heavy atom. The summed E-state index contributed by atoms with van der Waals surface area (Å²) >= 11 is 0. The van der Waals surface area contributed by atoms with Crippen molar-refractivity contribution in [2.45, 2.75) is 13.0 Å². The van der Waals surface area contributed by atoms with Gasteiger partial charge < -0.3 is 13.9 Å². The van der Waals surface area contributed by atoms with Gasteiger partial charge in [-0.1, -0.05) is 0 Å². The fraction of sp³-hybridized carbons (Fsp3) is 0.333. The van der Waals surface area contributed by atoms with Crippen LogP contribution in [0.5, 0.6) is 5.75 Å². The first kappa shape index (κ1) is 10.3. The summed E-state index contributed by atoms with van der Waals surface area (Å²) in [6.07, 6.45) is 0.272. The summed E-state index contributed by atoms with van der Waals surface area (Å²) < 4.78 is 15.9. The number of epoxide rings is 1. The van der Waals surface area contributed by atoms with Crippen molar-refractivity contribution in [2.75, 3.05) is 13.2 Å². The summed E-state index contributed by atoms with van der Waals surface area (Å²) in [5, 5.41) is 7.74. The first-order valence-electron chi connectivity index (χ1n) is 5.46. The predicted octanol–water partition coefficient (Wildman–Crippen LogP) is 1.82. The molecule has 3 rings (SSSR count). The van der Waals surface area contributed by atoms with Crippen LogP contribution in [0.1, 0.15) is 5.89 Å². The molecule has 0 spiro atoms. The van der Waals surface area contributed by atoms with Gasteiger partial charge in [-0.15, -0.1) is 10.2 Å². The maximum Gasteiger partial charge on any atom is 0.247 e. The van der Waals surface area contributed by atoms with E-state index in [0.717, 1.165) is 17.9 Å². The van der Waals surface area contributed by atoms with E-state index in [-0.39, 0.29) is 6.10 Å². The van der Waals surface area contributed by atoms with Gasteiger partial charge in [0, 0.05) is 12.5 Å². The fourth-order valence-electron chi connectivity index (χ4n) is 1.46. The molecule has 5 nitrogen and oxygen atoms in total. The summed E-state index contributed by atoms with van der Waals surface area (Å²) in [6.45, 7) is 3.18. The van der Waals surface area contributed by atoms with Crippen molar-refractivity contribution >= 4 is 0 Å². The highest BCUT2D eigenvalue weighted by Gasteiger charge is 2.22. The monoisotopic (exact) mass is 232 g/mol. The van der Waals surface area contributed by atoms with Crippen LogP contribution in [0.4, 0.5) is 0 Å². The van der Waals surface area contributed by atoms with E-state index in [1.807, 2.05) is 24.3 Å². The smallest absolute Gasteiger partial charge is 0.247 e. The summed E-state index contributed by atoms with van der Waals surface area (Å²) in [5.74, 6) is 1.91. The van der Waals surface area contributed by atoms with E-state index < -0.39 is 0 Å². The van der Waals surface area contributed by atoms with Crippen LogP contribution in [0.2, 0.25) is 0 Å². The van der Waals surface area contributed by atoms with Crippen molar-refractivity contribution in [3.63, 3.8) is 0 Å². The lowest BCUT2D eigenvalue weighted by Gasteiger charge is -2.03. The van der Waals surface area contributed by atoms with Crippen molar-refractivity contribution in [3.8, 4) is 17.2 Å². The number of nitrogens with zero attached hydrogens (tertiary/aromatic N) is 2. The molecule has 1 unspecified atom stereocenters. The molecule has 1 atom stereocenters. The Labute approximate surface area is 98.4 Å². The molecular weight excluding hydrogens is 220 g/mol. The molecule has 17 heavy (non-hydrogen) atoms. The van der Waals surface area contributed by atoms with Crippen molar-refractivity contribution in [1.29, 1.82) is 0 Å². The molecule has 0 amide bonds. The average Bonchev–Trinajstić information content (AvgIpc) is 3.09. The van der Waals surface area contributed by atoms with Crippen molar-refractivity contribution in [2.24, 2.45) is 0 Å². The van der Waals surface area contributed by atoms with Gasteiger partial charge >= 0.3 is 0 Å². The van der Waals surface area contributed by atoms with Crippen molar-refractivity contribution in [3.05, 3.63) is 30.2 Å². The second-order valence-electron chi connectivity index (χ2n) is 3.92. The molecule has 1 aromatic heterocycles. The molecule has 88 valence electrons. The second-order valence-corrected chi connectivity index (χ2v) is 3.92. The lowest BCUT2D eigenvalue weighted by Crippen LogP contribution is -2.03. The normalized spacial score (nSPS) is 18.1. The van der Waals surface area contributed by atoms with Gasteiger partial charge in [-0.3, -0.25) is 0 Å². The molecule has 0 saturated carbocycles. The summed E-state index contributed by atoms with van der Waals surface area (Å²) in [5.41, 5.74) is 0.889. The Bertz CT molecular complexity index is 503. The molecule has 5 heteroatoms. The van der Waals surface area contributed by atoms with E-state index >= 15 is 0 Å². The van der Waals surface area contributed by atoms with Crippen LogP contribution in [-0.4, -0.2) is 29.5 Å². The van der Waals surface area contributed by atoms with E-state index in [4.69, 9.17) is 13.9 Å². The Kier molecular flexibility index (Phi) is 2.53. The number of hydrogen-bond acceptors (Lipinski definition) is 5. The first-order valence-corrected chi connectivity index (χ1v) is 5.46. The maximum atomic E-state index is 5.53. The number of rotatable bonds is 4. The Morgan fingerprint density at radius 2 is 2.06 bits per heavy atom. The second kappa shape index (κ2) is 4.18. The standard InChI is InChI=1S/C12H12N2O3/c1-8-13-14-12(17-8)9-2-4-10(5-3-9)15-6-11-7-16-11/h2-5,11H,6-7H2,1H3. The molecule has 1 aliphatic rings. The van der Waals surface area contributed by atoms with Gasteiger partial charge in [0.1, 0.15) is 18.5 Å². The molecule has 1 aromatic carbocycles. The number of aromatic nitrogens is 2. The van der Waals surface area contributed by atoms with Crippen LogP contribution >= 0.6 is 0 Å². The average molecular weight is 232 g/mol. The third kappa shape index (κ3) is 2.45. The van der Waals surface area contributed by atoms with Crippen LogP contribution in [0.25, 0.3) is 11.5 Å². The van der Waals surface area contributed by atoms with Gasteiger partial charge in [0.15, 0.2) is 0 Å². The minimum Gasteiger partial charge on any atom is -0.491 e. The highest BCUT2D eigenvalue weighted by Crippen LogP contribution is 2.22. The van der Waals surface area contributed by atoms with Crippen LogP contribution in [-0.2, 0) is 4.74 Å². The fourth-order valence-corrected chi connectivity index (χ4v) is 1.46. The van der Waals surface area contributed by atoms with Gasteiger partial charge in [-0.05, 0) is 24.3 Å². The van der Waals surface area contributed by atoms with Crippen LogP contribution in [0, 0.1) is 6.92 Å². The largest absolute Gasteiger partial charge is 0.491 e. The molecule has 0 aliphatic carbocycles. The zero-order chi connectivity index (χ0) is 11.7. The van der Waals surface area contributed by atoms with Gasteiger partial charge in [0.2, 0.25) is 11.8 Å². The highest BCUT2D eigenvalue weighted by atomic mass is 16.6. The van der Waals surface area contributed by atoms with Gasteiger partial charge in [-0.25, -0.2) is 0 Å². The molecule has 0 bridgehead atoms. The van der Waals surface area contributed by atoms with E-state index in [2.05, 4.69) is 10.2 Å². The molecule has 0 N–H and O–H groups in total. The van der Waals surface area contributed by atoms with Gasteiger partial charge in [0.25, 0.3) is 0 Å². The number of aryl methyl sites for hydroxylation is 1. The summed E-state index contributed by atoms with van der Waals surface area (Å²) in [6, 6.07) is 7.57. The van der Waals surface area contributed by atoms with Crippen LogP contribution < -0.4 is 4.74 Å². The topological polar surface area (TPSA) is 60.7 Å². The number of hydrogen-bond donors (Lipinski definition) is 0. The zero-order valence-corrected chi connectivity index (χ0v) is 9.42. The van der Waals surface area contributed by atoms with Crippen molar-refractivity contribution in [1.82, 2.24) is 10.2 Å². The van der Waals surface area contributed by atoms with Crippen molar-refractivity contribution < 1.29 is 13.9 Å². The zero-order valence-electron chi connectivity index (χ0n) is 9.42. The molecule has 1 fully saturated rings. The Balaban J connectivity index is 1.70. The molecule has 1 saturated heterocycles. The molecule has 0 radical (unpaired) electrons. The van der Waals surface area contributed by atoms with Crippen LogP contribution in [0.15, 0.2) is 28.7 Å². The first-order chi connectivity index (χ1) is 8.31. The van der Waals surface area contributed by atoms with E-state index in [1.54, 1.807) is 6.92 Å². The maximum absolute atomic E-state index is 5.53. The van der Waals surface area contributed by atoms with Crippen LogP contribution in [0.3, 0.4) is 0 Å². The Hall–Kier alpha value is -1.88. The third-order valence-corrected chi connectivity index (χ3v) is 2.47. The quantitative estimate of drug-likeness (QED) is 0.752. The molecule has 1 aliphatic heterocycles. The van der Waals surface area contributed by atoms with Gasteiger partial charge in [0.05, 0.1) is 6.61 Å². The van der Waals surface area contributed by atoms with E-state index in [0.29, 0.717) is 18.4 Å². The highest BCUT2D eigenvalue weighted by molar-refractivity contribution is 5.53. The minimum absolute atomic E-state index is 0.272. The number of benzene rings is 1. The Morgan fingerprint density at radius 3 is 2.65 bits per heavy atom. The minimum atomic E-state index is 0.272. The third-order valence-electron chi connectivity index (χ3n) is 2.47. The summed E-state index contributed by atoms with van der Waals surface area (Å²) in [4.78, 5) is 0. The van der Waals surface area contributed by atoms with Gasteiger partial charge in [-0.2, -0.15) is 0 Å².